The van der Waals surface area contributed by atoms with Crippen LogP contribution in [0, 0.1) is 5.41 Å². The predicted octanol–water partition coefficient (Wildman–Crippen LogP) is 4.77. The molecule has 1 heterocycles. The molecule has 1 aliphatic carbocycles. The second-order valence-electron chi connectivity index (χ2n) is 6.54. The Balaban J connectivity index is 1.74. The van der Waals surface area contributed by atoms with Gasteiger partial charge >= 0.3 is 0 Å². The van der Waals surface area contributed by atoms with Gasteiger partial charge in [0.25, 0.3) is 0 Å². The fraction of sp³-hybridized carbons (Fsp3) is 0.471. The summed E-state index contributed by atoms with van der Waals surface area (Å²) >= 11 is 0. The Morgan fingerprint density at radius 3 is 2.55 bits per heavy atom. The highest BCUT2D eigenvalue weighted by Crippen LogP contribution is 2.41. The number of anilines is 2. The maximum Gasteiger partial charge on any atom is 0.207 e. The maximum absolute atomic E-state index is 4.47. The van der Waals surface area contributed by atoms with E-state index in [0.29, 0.717) is 11.5 Å². The molecule has 0 atom stereocenters. The van der Waals surface area contributed by atoms with Gasteiger partial charge in [0.1, 0.15) is 0 Å². The quantitative estimate of drug-likeness (QED) is 0.870. The number of para-hydroxylation sites is 1. The number of hydrogen-bond donors (Lipinski definition) is 1. The minimum Gasteiger partial charge on any atom is -0.326 e. The van der Waals surface area contributed by atoms with Gasteiger partial charge in [-0.15, -0.1) is 0 Å². The average molecular weight is 269 g/mol. The number of nitrogens with zero attached hydrogens (tertiary/aromatic N) is 2. The van der Waals surface area contributed by atoms with Crippen molar-refractivity contribution in [2.45, 2.75) is 45.6 Å². The molecule has 1 saturated carbocycles. The van der Waals surface area contributed by atoms with Crippen LogP contribution in [0.1, 0.15) is 45.6 Å². The summed E-state index contributed by atoms with van der Waals surface area (Å²) < 4.78 is 2.31. The number of aromatic nitrogens is 2. The van der Waals surface area contributed by atoms with Gasteiger partial charge in [0.2, 0.25) is 5.95 Å². The lowest BCUT2D eigenvalue weighted by atomic mass is 9.75. The Bertz CT molecular complexity index is 547. The summed E-state index contributed by atoms with van der Waals surface area (Å²) in [6.45, 7) is 4.75. The fourth-order valence-corrected chi connectivity index (χ4v) is 3.02. The Labute approximate surface area is 121 Å². The molecule has 0 amide bonds. The van der Waals surface area contributed by atoms with Gasteiger partial charge in [-0.3, -0.25) is 0 Å². The van der Waals surface area contributed by atoms with E-state index in [4.69, 9.17) is 0 Å². The van der Waals surface area contributed by atoms with Gasteiger partial charge < -0.3 is 9.88 Å². The van der Waals surface area contributed by atoms with Gasteiger partial charge in [-0.1, -0.05) is 32.0 Å². The molecule has 2 aromatic rings. The maximum atomic E-state index is 4.47. The highest BCUT2D eigenvalue weighted by molar-refractivity contribution is 5.53. The molecular weight excluding hydrogens is 246 g/mol. The summed E-state index contributed by atoms with van der Waals surface area (Å²) in [6.07, 6.45) is 9.07. The van der Waals surface area contributed by atoms with Crippen molar-refractivity contribution in [2.75, 3.05) is 5.32 Å². The Hall–Kier alpha value is -1.77. The molecule has 0 radical (unpaired) electrons. The summed E-state index contributed by atoms with van der Waals surface area (Å²) in [5, 5.41) is 3.42. The van der Waals surface area contributed by atoms with Crippen molar-refractivity contribution < 1.29 is 0 Å². The Kier molecular flexibility index (Phi) is 3.51. The van der Waals surface area contributed by atoms with Crippen molar-refractivity contribution in [1.29, 1.82) is 0 Å². The van der Waals surface area contributed by atoms with Crippen LogP contribution in [-0.2, 0) is 0 Å². The first-order valence-corrected chi connectivity index (χ1v) is 7.49. The van der Waals surface area contributed by atoms with Crippen molar-refractivity contribution in [3.63, 3.8) is 0 Å². The van der Waals surface area contributed by atoms with E-state index in [0.717, 1.165) is 11.6 Å². The standard InChI is InChI=1S/C17H23N3/c1-17(2)10-8-15(9-11-17)20-13-12-18-16(20)19-14-6-4-3-5-7-14/h3-7,12-13,15H,8-11H2,1-2H3,(H,18,19). The van der Waals surface area contributed by atoms with E-state index >= 15 is 0 Å². The van der Waals surface area contributed by atoms with Crippen LogP contribution in [-0.4, -0.2) is 9.55 Å². The molecule has 3 rings (SSSR count). The van der Waals surface area contributed by atoms with Crippen molar-refractivity contribution in [3.05, 3.63) is 42.7 Å². The van der Waals surface area contributed by atoms with Crippen LogP contribution in [0.3, 0.4) is 0 Å². The van der Waals surface area contributed by atoms with Crippen LogP contribution in [0.5, 0.6) is 0 Å². The van der Waals surface area contributed by atoms with Crippen molar-refractivity contribution >= 4 is 11.6 Å². The number of rotatable bonds is 3. The minimum absolute atomic E-state index is 0.504. The summed E-state index contributed by atoms with van der Waals surface area (Å²) in [5.41, 5.74) is 1.60. The normalized spacial score (nSPS) is 18.9. The van der Waals surface area contributed by atoms with E-state index in [2.05, 4.69) is 47.0 Å². The van der Waals surface area contributed by atoms with Crippen LogP contribution < -0.4 is 5.32 Å². The smallest absolute Gasteiger partial charge is 0.207 e. The van der Waals surface area contributed by atoms with Crippen LogP contribution >= 0.6 is 0 Å². The third-order valence-corrected chi connectivity index (χ3v) is 4.40. The largest absolute Gasteiger partial charge is 0.326 e. The second-order valence-corrected chi connectivity index (χ2v) is 6.54. The molecule has 1 N–H and O–H groups in total. The van der Waals surface area contributed by atoms with E-state index in [-0.39, 0.29) is 0 Å². The topological polar surface area (TPSA) is 29.9 Å². The first kappa shape index (κ1) is 13.2. The molecular formula is C17H23N3. The number of benzene rings is 1. The summed E-state index contributed by atoms with van der Waals surface area (Å²) in [5.74, 6) is 0.959. The van der Waals surface area contributed by atoms with Gasteiger partial charge in [0, 0.05) is 24.1 Å². The van der Waals surface area contributed by atoms with Gasteiger partial charge in [-0.2, -0.15) is 0 Å². The summed E-state index contributed by atoms with van der Waals surface area (Å²) in [6, 6.07) is 10.8. The first-order chi connectivity index (χ1) is 9.64. The molecule has 20 heavy (non-hydrogen) atoms. The van der Waals surface area contributed by atoms with Crippen molar-refractivity contribution in [3.8, 4) is 0 Å². The molecule has 3 heteroatoms. The molecule has 0 aliphatic heterocycles. The molecule has 1 aliphatic rings. The van der Waals surface area contributed by atoms with E-state index < -0.39 is 0 Å². The Morgan fingerprint density at radius 2 is 1.85 bits per heavy atom. The van der Waals surface area contributed by atoms with E-state index in [1.807, 2.05) is 24.4 Å². The lowest BCUT2D eigenvalue weighted by Gasteiger charge is -2.35. The fourth-order valence-electron chi connectivity index (χ4n) is 3.02. The number of imidazole rings is 1. The molecule has 1 aromatic carbocycles. The van der Waals surface area contributed by atoms with Gasteiger partial charge in [0.15, 0.2) is 0 Å². The number of hydrogen-bond acceptors (Lipinski definition) is 2. The zero-order valence-corrected chi connectivity index (χ0v) is 12.3. The monoisotopic (exact) mass is 269 g/mol. The second kappa shape index (κ2) is 5.31. The first-order valence-electron chi connectivity index (χ1n) is 7.49. The Morgan fingerprint density at radius 1 is 1.15 bits per heavy atom. The lowest BCUT2D eigenvalue weighted by Crippen LogP contribution is -2.23. The van der Waals surface area contributed by atoms with E-state index in [1.165, 1.54) is 25.7 Å². The van der Waals surface area contributed by atoms with E-state index in [1.54, 1.807) is 0 Å². The van der Waals surface area contributed by atoms with Crippen LogP contribution in [0.15, 0.2) is 42.7 Å². The van der Waals surface area contributed by atoms with Crippen molar-refractivity contribution in [2.24, 2.45) is 5.41 Å². The van der Waals surface area contributed by atoms with E-state index in [9.17, 15) is 0 Å². The highest BCUT2D eigenvalue weighted by atomic mass is 15.2. The zero-order valence-electron chi connectivity index (χ0n) is 12.3. The third kappa shape index (κ3) is 2.87. The average Bonchev–Trinajstić information content (AvgIpc) is 2.88. The SMILES string of the molecule is CC1(C)CCC(n2ccnc2Nc2ccccc2)CC1. The highest BCUT2D eigenvalue weighted by Gasteiger charge is 2.28. The van der Waals surface area contributed by atoms with Gasteiger partial charge in [0.05, 0.1) is 0 Å². The molecule has 1 aromatic heterocycles. The van der Waals surface area contributed by atoms with Gasteiger partial charge in [-0.25, -0.2) is 4.98 Å². The molecule has 0 unspecified atom stereocenters. The molecule has 1 fully saturated rings. The summed E-state index contributed by atoms with van der Waals surface area (Å²) in [4.78, 5) is 4.47. The third-order valence-electron chi connectivity index (χ3n) is 4.40. The van der Waals surface area contributed by atoms with Crippen LogP contribution in [0.4, 0.5) is 11.6 Å². The lowest BCUT2D eigenvalue weighted by molar-refractivity contribution is 0.195. The molecule has 0 saturated heterocycles. The molecule has 106 valence electrons. The predicted molar refractivity (Wildman–Crippen MR) is 83.2 cm³/mol. The summed E-state index contributed by atoms with van der Waals surface area (Å²) in [7, 11) is 0. The zero-order chi connectivity index (χ0) is 14.0. The van der Waals surface area contributed by atoms with Crippen molar-refractivity contribution in [1.82, 2.24) is 9.55 Å². The minimum atomic E-state index is 0.504. The molecule has 3 nitrogen and oxygen atoms in total. The molecule has 0 spiro atoms. The molecule has 0 bridgehead atoms. The van der Waals surface area contributed by atoms with Gasteiger partial charge in [-0.05, 0) is 43.2 Å². The number of nitrogens with one attached hydrogen (secondary N) is 1. The van der Waals surface area contributed by atoms with Crippen LogP contribution in [0.2, 0.25) is 0 Å². The van der Waals surface area contributed by atoms with Crippen LogP contribution in [0.25, 0.3) is 0 Å².